The molecule has 0 bridgehead atoms. The summed E-state index contributed by atoms with van der Waals surface area (Å²) < 4.78 is 38.4. The van der Waals surface area contributed by atoms with Gasteiger partial charge in [0.1, 0.15) is 17.1 Å². The molecular weight excluding hydrogens is 425 g/mol. The highest BCUT2D eigenvalue weighted by Crippen LogP contribution is 2.31. The standard InChI is InChI=1S/C21H25F3N6O2/c1-25-20(32)17-3-2-15(10-26-17)29-8-5-14(6-9-29)30-7-4-13(12-30)18-27-11-16(19(31)28-18)21(22,23)24/h2-3,10-11,13-14H,4-9,12H2,1H3,(H,25,32)(H,27,28,31). The molecule has 11 heteroatoms. The lowest BCUT2D eigenvalue weighted by atomic mass is 10.0. The third-order valence-electron chi connectivity index (χ3n) is 6.28. The second kappa shape index (κ2) is 8.89. The molecule has 8 nitrogen and oxygen atoms in total. The number of aromatic amines is 1. The summed E-state index contributed by atoms with van der Waals surface area (Å²) in [7, 11) is 1.57. The van der Waals surface area contributed by atoms with E-state index in [4.69, 9.17) is 0 Å². The topological polar surface area (TPSA) is 94.2 Å². The highest BCUT2D eigenvalue weighted by atomic mass is 19.4. The summed E-state index contributed by atoms with van der Waals surface area (Å²) in [4.78, 5) is 38.5. The summed E-state index contributed by atoms with van der Waals surface area (Å²) in [5, 5.41) is 2.55. The quantitative estimate of drug-likeness (QED) is 0.740. The van der Waals surface area contributed by atoms with E-state index in [-0.39, 0.29) is 11.8 Å². The molecule has 0 radical (unpaired) electrons. The molecule has 1 amide bonds. The molecule has 4 rings (SSSR count). The minimum Gasteiger partial charge on any atom is -0.370 e. The first kappa shape index (κ1) is 22.3. The van der Waals surface area contributed by atoms with Crippen LogP contribution in [0, 0.1) is 0 Å². The molecule has 2 N–H and O–H groups in total. The van der Waals surface area contributed by atoms with Crippen molar-refractivity contribution in [3.63, 3.8) is 0 Å². The fourth-order valence-corrected chi connectivity index (χ4v) is 4.48. The molecule has 4 heterocycles. The fourth-order valence-electron chi connectivity index (χ4n) is 4.48. The lowest BCUT2D eigenvalue weighted by Crippen LogP contribution is -2.44. The number of rotatable bonds is 4. The van der Waals surface area contributed by atoms with Crippen LogP contribution in [0.5, 0.6) is 0 Å². The number of anilines is 1. The van der Waals surface area contributed by atoms with Gasteiger partial charge in [-0.3, -0.25) is 14.5 Å². The summed E-state index contributed by atoms with van der Waals surface area (Å²) in [6.45, 7) is 3.19. The second-order valence-corrected chi connectivity index (χ2v) is 8.19. The van der Waals surface area contributed by atoms with Gasteiger partial charge < -0.3 is 15.2 Å². The van der Waals surface area contributed by atoms with Crippen LogP contribution in [0.25, 0.3) is 0 Å². The molecule has 0 spiro atoms. The Morgan fingerprint density at radius 3 is 2.47 bits per heavy atom. The van der Waals surface area contributed by atoms with Crippen LogP contribution in [0.3, 0.4) is 0 Å². The minimum absolute atomic E-state index is 0.0792. The summed E-state index contributed by atoms with van der Waals surface area (Å²) in [5.74, 6) is 0.0254. The van der Waals surface area contributed by atoms with Crippen molar-refractivity contribution in [2.75, 3.05) is 38.1 Å². The van der Waals surface area contributed by atoms with Crippen molar-refractivity contribution in [1.29, 1.82) is 0 Å². The van der Waals surface area contributed by atoms with Crippen molar-refractivity contribution in [1.82, 2.24) is 25.2 Å². The number of halogens is 3. The van der Waals surface area contributed by atoms with Crippen LogP contribution in [0.2, 0.25) is 0 Å². The average Bonchev–Trinajstić information content (AvgIpc) is 3.28. The third kappa shape index (κ3) is 4.62. The average molecular weight is 450 g/mol. The number of piperidine rings is 1. The van der Waals surface area contributed by atoms with E-state index >= 15 is 0 Å². The Labute approximate surface area is 182 Å². The number of H-pyrrole nitrogens is 1. The molecule has 2 aliphatic rings. The molecule has 0 saturated carbocycles. The predicted octanol–water partition coefficient (Wildman–Crippen LogP) is 2.00. The Morgan fingerprint density at radius 1 is 1.12 bits per heavy atom. The zero-order chi connectivity index (χ0) is 22.9. The Kier molecular flexibility index (Phi) is 6.18. The smallest absolute Gasteiger partial charge is 0.370 e. The first-order chi connectivity index (χ1) is 15.3. The maximum atomic E-state index is 12.8. The molecule has 0 aliphatic carbocycles. The number of likely N-dealkylation sites (tertiary alicyclic amines) is 1. The van der Waals surface area contributed by atoms with Gasteiger partial charge in [-0.2, -0.15) is 13.2 Å². The maximum Gasteiger partial charge on any atom is 0.423 e. The zero-order valence-electron chi connectivity index (χ0n) is 17.7. The Balaban J connectivity index is 1.33. The van der Waals surface area contributed by atoms with E-state index < -0.39 is 17.3 Å². The third-order valence-corrected chi connectivity index (χ3v) is 6.28. The number of carbonyl (C=O) groups excluding carboxylic acids is 1. The minimum atomic E-state index is -4.70. The van der Waals surface area contributed by atoms with E-state index in [2.05, 4.69) is 30.1 Å². The molecule has 0 aromatic carbocycles. The largest absolute Gasteiger partial charge is 0.423 e. The van der Waals surface area contributed by atoms with E-state index in [1.807, 2.05) is 6.07 Å². The van der Waals surface area contributed by atoms with E-state index in [1.165, 1.54) is 0 Å². The second-order valence-electron chi connectivity index (χ2n) is 8.19. The van der Waals surface area contributed by atoms with Crippen LogP contribution in [-0.2, 0) is 6.18 Å². The molecule has 1 unspecified atom stereocenters. The summed E-state index contributed by atoms with van der Waals surface area (Å²) in [6, 6.07) is 3.98. The number of aromatic nitrogens is 3. The molecule has 2 aliphatic heterocycles. The monoisotopic (exact) mass is 450 g/mol. The SMILES string of the molecule is CNC(=O)c1ccc(N2CCC(N3CCC(c4ncc(C(F)(F)F)c(=O)[nH]4)C3)CC2)cn1. The highest BCUT2D eigenvalue weighted by molar-refractivity contribution is 5.92. The number of nitrogens with one attached hydrogen (secondary N) is 2. The van der Waals surface area contributed by atoms with E-state index in [0.717, 1.165) is 44.6 Å². The molecule has 1 atom stereocenters. The van der Waals surface area contributed by atoms with Gasteiger partial charge in [-0.05, 0) is 37.9 Å². The number of hydrogen-bond donors (Lipinski definition) is 2. The summed E-state index contributed by atoms with van der Waals surface area (Å²) in [6.07, 6.45) is 0.288. The molecule has 172 valence electrons. The van der Waals surface area contributed by atoms with E-state index in [0.29, 0.717) is 30.3 Å². The number of pyridine rings is 1. The number of hydrogen-bond acceptors (Lipinski definition) is 6. The van der Waals surface area contributed by atoms with E-state index in [9.17, 15) is 22.8 Å². The Bertz CT molecular complexity index is 1020. The maximum absolute atomic E-state index is 12.8. The van der Waals surface area contributed by atoms with Crippen LogP contribution in [0.4, 0.5) is 18.9 Å². The van der Waals surface area contributed by atoms with Crippen LogP contribution in [-0.4, -0.2) is 65.0 Å². The summed E-state index contributed by atoms with van der Waals surface area (Å²) in [5.41, 5.74) is -1.04. The summed E-state index contributed by atoms with van der Waals surface area (Å²) >= 11 is 0. The predicted molar refractivity (Wildman–Crippen MR) is 112 cm³/mol. The normalized spacial score (nSPS) is 20.5. The van der Waals surface area contributed by atoms with Gasteiger partial charge in [-0.15, -0.1) is 0 Å². The van der Waals surface area contributed by atoms with Gasteiger partial charge in [0.15, 0.2) is 0 Å². The molecule has 2 aromatic rings. The van der Waals surface area contributed by atoms with Crippen LogP contribution < -0.4 is 15.8 Å². The van der Waals surface area contributed by atoms with Crippen LogP contribution in [0.1, 0.15) is 47.1 Å². The first-order valence-electron chi connectivity index (χ1n) is 10.6. The lowest BCUT2D eigenvalue weighted by Gasteiger charge is -2.37. The van der Waals surface area contributed by atoms with Gasteiger partial charge in [0.05, 0.1) is 11.9 Å². The number of carbonyl (C=O) groups is 1. The van der Waals surface area contributed by atoms with Gasteiger partial charge in [0.2, 0.25) is 0 Å². The van der Waals surface area contributed by atoms with Gasteiger partial charge in [-0.1, -0.05) is 0 Å². The Hall–Kier alpha value is -2.95. The number of amides is 1. The molecule has 2 fully saturated rings. The van der Waals surface area contributed by atoms with Crippen molar-refractivity contribution >= 4 is 11.6 Å². The first-order valence-corrected chi connectivity index (χ1v) is 10.6. The zero-order valence-corrected chi connectivity index (χ0v) is 17.7. The molecule has 2 aromatic heterocycles. The van der Waals surface area contributed by atoms with Crippen molar-refractivity contribution in [3.8, 4) is 0 Å². The molecule has 2 saturated heterocycles. The molecular formula is C21H25F3N6O2. The van der Waals surface area contributed by atoms with Gasteiger partial charge >= 0.3 is 6.18 Å². The highest BCUT2D eigenvalue weighted by Gasteiger charge is 2.36. The van der Waals surface area contributed by atoms with Gasteiger partial charge in [-0.25, -0.2) is 9.97 Å². The van der Waals surface area contributed by atoms with Crippen molar-refractivity contribution < 1.29 is 18.0 Å². The fraction of sp³-hybridized carbons (Fsp3) is 0.524. The molecule has 32 heavy (non-hydrogen) atoms. The van der Waals surface area contributed by atoms with E-state index in [1.54, 1.807) is 19.3 Å². The number of alkyl halides is 3. The van der Waals surface area contributed by atoms with Crippen LogP contribution in [0.15, 0.2) is 29.3 Å². The van der Waals surface area contributed by atoms with Crippen molar-refractivity contribution in [2.24, 2.45) is 0 Å². The van der Waals surface area contributed by atoms with Crippen molar-refractivity contribution in [3.05, 3.63) is 52.0 Å². The lowest BCUT2D eigenvalue weighted by molar-refractivity contribution is -0.139. The van der Waals surface area contributed by atoms with Crippen LogP contribution >= 0.6 is 0 Å². The van der Waals surface area contributed by atoms with Gasteiger partial charge in [0.25, 0.3) is 11.5 Å². The van der Waals surface area contributed by atoms with Crippen molar-refractivity contribution in [2.45, 2.75) is 37.4 Å². The van der Waals surface area contributed by atoms with Gasteiger partial charge in [0, 0.05) is 44.8 Å². The number of nitrogens with zero attached hydrogens (tertiary/aromatic N) is 4. The Morgan fingerprint density at radius 2 is 1.88 bits per heavy atom.